The van der Waals surface area contributed by atoms with Crippen molar-refractivity contribution in [3.05, 3.63) is 0 Å². The third kappa shape index (κ3) is 2.90. The molecule has 114 valence electrons. The molecular formula is C14H25N3O3. The second-order valence-corrected chi connectivity index (χ2v) is 6.17. The zero-order valence-corrected chi connectivity index (χ0v) is 12.4. The SMILES string of the molecule is CN(C)C1(CNC(=O)N2CCC[C@@H]2C(=O)O)CCCC1. The number of carboxylic acids is 1. The molecule has 0 aromatic rings. The van der Waals surface area contributed by atoms with Gasteiger partial charge in [-0.15, -0.1) is 0 Å². The normalized spacial score (nSPS) is 25.1. The Morgan fingerprint density at radius 3 is 2.50 bits per heavy atom. The van der Waals surface area contributed by atoms with E-state index in [2.05, 4.69) is 10.2 Å². The molecular weight excluding hydrogens is 258 g/mol. The Morgan fingerprint density at radius 2 is 1.95 bits per heavy atom. The maximum absolute atomic E-state index is 12.2. The minimum atomic E-state index is -0.902. The fraction of sp³-hybridized carbons (Fsp3) is 0.857. The fourth-order valence-corrected chi connectivity index (χ4v) is 3.42. The molecule has 0 aromatic carbocycles. The van der Waals surface area contributed by atoms with Crippen LogP contribution >= 0.6 is 0 Å². The molecule has 2 aliphatic rings. The lowest BCUT2D eigenvalue weighted by atomic mass is 9.96. The van der Waals surface area contributed by atoms with Crippen LogP contribution in [0, 0.1) is 0 Å². The van der Waals surface area contributed by atoms with E-state index in [0.29, 0.717) is 19.5 Å². The smallest absolute Gasteiger partial charge is 0.326 e. The van der Waals surface area contributed by atoms with E-state index in [0.717, 1.165) is 19.3 Å². The van der Waals surface area contributed by atoms with Gasteiger partial charge in [0.1, 0.15) is 6.04 Å². The van der Waals surface area contributed by atoms with Gasteiger partial charge in [-0.2, -0.15) is 0 Å². The van der Waals surface area contributed by atoms with E-state index < -0.39 is 12.0 Å². The van der Waals surface area contributed by atoms with E-state index in [9.17, 15) is 9.59 Å². The number of aliphatic carboxylic acids is 1. The van der Waals surface area contributed by atoms with Crippen LogP contribution in [0.1, 0.15) is 38.5 Å². The molecule has 0 spiro atoms. The molecule has 1 heterocycles. The van der Waals surface area contributed by atoms with Gasteiger partial charge in [-0.1, -0.05) is 12.8 Å². The number of nitrogens with one attached hydrogen (secondary N) is 1. The third-order valence-electron chi connectivity index (χ3n) is 4.85. The molecule has 1 aliphatic carbocycles. The molecule has 1 aliphatic heterocycles. The summed E-state index contributed by atoms with van der Waals surface area (Å²) >= 11 is 0. The number of carbonyl (C=O) groups is 2. The van der Waals surface area contributed by atoms with Gasteiger partial charge < -0.3 is 20.2 Å². The minimum absolute atomic E-state index is 0.0358. The standard InChI is InChI=1S/C14H25N3O3/c1-16(2)14(7-3-4-8-14)10-15-13(20)17-9-5-6-11(17)12(18)19/h11H,3-10H2,1-2H3,(H,15,20)(H,18,19)/t11-/m1/s1. The van der Waals surface area contributed by atoms with Crippen molar-refractivity contribution in [1.82, 2.24) is 15.1 Å². The molecule has 0 bridgehead atoms. The lowest BCUT2D eigenvalue weighted by Gasteiger charge is -2.37. The molecule has 1 saturated carbocycles. The topological polar surface area (TPSA) is 72.9 Å². The predicted molar refractivity (Wildman–Crippen MR) is 75.6 cm³/mol. The van der Waals surface area contributed by atoms with Gasteiger partial charge in [0.05, 0.1) is 0 Å². The monoisotopic (exact) mass is 283 g/mol. The summed E-state index contributed by atoms with van der Waals surface area (Å²) in [6.07, 6.45) is 5.88. The van der Waals surface area contributed by atoms with Crippen molar-refractivity contribution in [2.45, 2.75) is 50.1 Å². The first kappa shape index (κ1) is 15.1. The number of urea groups is 1. The second-order valence-electron chi connectivity index (χ2n) is 6.17. The Hall–Kier alpha value is -1.30. The van der Waals surface area contributed by atoms with E-state index in [1.807, 2.05) is 14.1 Å². The molecule has 0 unspecified atom stereocenters. The van der Waals surface area contributed by atoms with Crippen molar-refractivity contribution in [2.75, 3.05) is 27.2 Å². The third-order valence-corrected chi connectivity index (χ3v) is 4.85. The van der Waals surface area contributed by atoms with Crippen LogP contribution in [-0.4, -0.2) is 65.7 Å². The number of hydrogen-bond acceptors (Lipinski definition) is 3. The Morgan fingerprint density at radius 1 is 1.30 bits per heavy atom. The lowest BCUT2D eigenvalue weighted by molar-refractivity contribution is -0.141. The highest BCUT2D eigenvalue weighted by atomic mass is 16.4. The first-order valence-corrected chi connectivity index (χ1v) is 7.41. The number of likely N-dealkylation sites (tertiary alicyclic amines) is 1. The van der Waals surface area contributed by atoms with Crippen molar-refractivity contribution in [1.29, 1.82) is 0 Å². The summed E-state index contributed by atoms with van der Waals surface area (Å²) in [5.41, 5.74) is 0.0358. The van der Waals surface area contributed by atoms with Crippen LogP contribution in [0.3, 0.4) is 0 Å². The van der Waals surface area contributed by atoms with Crippen LogP contribution in [0.4, 0.5) is 4.79 Å². The van der Waals surface area contributed by atoms with Crippen molar-refractivity contribution in [3.8, 4) is 0 Å². The van der Waals surface area contributed by atoms with Crippen molar-refractivity contribution in [2.24, 2.45) is 0 Å². The van der Waals surface area contributed by atoms with E-state index >= 15 is 0 Å². The summed E-state index contributed by atoms with van der Waals surface area (Å²) in [6, 6.07) is -0.892. The van der Waals surface area contributed by atoms with Crippen molar-refractivity contribution >= 4 is 12.0 Å². The lowest BCUT2D eigenvalue weighted by Crippen LogP contribution is -2.54. The number of nitrogens with zero attached hydrogens (tertiary/aromatic N) is 2. The molecule has 20 heavy (non-hydrogen) atoms. The number of carboxylic acid groups (broad SMARTS) is 1. The highest BCUT2D eigenvalue weighted by molar-refractivity contribution is 5.83. The summed E-state index contributed by atoms with van der Waals surface area (Å²) in [5, 5.41) is 12.1. The number of rotatable bonds is 4. The fourth-order valence-electron chi connectivity index (χ4n) is 3.42. The van der Waals surface area contributed by atoms with Crippen LogP contribution in [0.25, 0.3) is 0 Å². The maximum Gasteiger partial charge on any atom is 0.326 e. The summed E-state index contributed by atoms with van der Waals surface area (Å²) in [6.45, 7) is 1.14. The van der Waals surface area contributed by atoms with Crippen molar-refractivity contribution < 1.29 is 14.7 Å². The van der Waals surface area contributed by atoms with Gasteiger partial charge in [-0.25, -0.2) is 9.59 Å². The zero-order chi connectivity index (χ0) is 14.8. The summed E-state index contributed by atoms with van der Waals surface area (Å²) < 4.78 is 0. The molecule has 6 nitrogen and oxygen atoms in total. The molecule has 2 amide bonds. The van der Waals surface area contributed by atoms with Crippen LogP contribution in [0.5, 0.6) is 0 Å². The molecule has 2 rings (SSSR count). The number of likely N-dealkylation sites (N-methyl/N-ethyl adjacent to an activating group) is 1. The summed E-state index contributed by atoms with van der Waals surface area (Å²) in [5.74, 6) is -0.902. The Bertz CT molecular complexity index is 378. The molecule has 2 fully saturated rings. The summed E-state index contributed by atoms with van der Waals surface area (Å²) in [4.78, 5) is 27.0. The van der Waals surface area contributed by atoms with Gasteiger partial charge in [0, 0.05) is 18.6 Å². The Labute approximate surface area is 120 Å². The van der Waals surface area contributed by atoms with Gasteiger partial charge in [-0.3, -0.25) is 0 Å². The van der Waals surface area contributed by atoms with E-state index in [1.54, 1.807) is 0 Å². The van der Waals surface area contributed by atoms with Crippen LogP contribution in [0.2, 0.25) is 0 Å². The Balaban J connectivity index is 1.93. The minimum Gasteiger partial charge on any atom is -0.480 e. The van der Waals surface area contributed by atoms with Crippen LogP contribution < -0.4 is 5.32 Å². The summed E-state index contributed by atoms with van der Waals surface area (Å²) in [7, 11) is 4.10. The number of hydrogen-bond donors (Lipinski definition) is 2. The number of amides is 2. The van der Waals surface area contributed by atoms with Gasteiger partial charge in [0.25, 0.3) is 0 Å². The van der Waals surface area contributed by atoms with Gasteiger partial charge >= 0.3 is 12.0 Å². The predicted octanol–water partition coefficient (Wildman–Crippen LogP) is 1.12. The van der Waals surface area contributed by atoms with E-state index in [4.69, 9.17) is 5.11 Å². The highest BCUT2D eigenvalue weighted by Gasteiger charge is 2.38. The second kappa shape index (κ2) is 5.99. The zero-order valence-electron chi connectivity index (χ0n) is 12.4. The van der Waals surface area contributed by atoms with Crippen LogP contribution in [-0.2, 0) is 4.79 Å². The van der Waals surface area contributed by atoms with Crippen LogP contribution in [0.15, 0.2) is 0 Å². The first-order chi connectivity index (χ1) is 9.46. The molecule has 0 radical (unpaired) electrons. The largest absolute Gasteiger partial charge is 0.480 e. The van der Waals surface area contributed by atoms with Crippen molar-refractivity contribution in [3.63, 3.8) is 0 Å². The van der Waals surface area contributed by atoms with Gasteiger partial charge in [-0.05, 0) is 39.8 Å². The molecule has 6 heteroatoms. The average Bonchev–Trinajstić information content (AvgIpc) is 3.05. The van der Waals surface area contributed by atoms with E-state index in [1.165, 1.54) is 17.7 Å². The number of carbonyl (C=O) groups excluding carboxylic acids is 1. The molecule has 1 saturated heterocycles. The molecule has 1 atom stereocenters. The Kier molecular flexibility index (Phi) is 4.52. The van der Waals surface area contributed by atoms with Gasteiger partial charge in [0.15, 0.2) is 0 Å². The highest BCUT2D eigenvalue weighted by Crippen LogP contribution is 2.33. The molecule has 2 N–H and O–H groups in total. The van der Waals surface area contributed by atoms with Gasteiger partial charge in [0.2, 0.25) is 0 Å². The quantitative estimate of drug-likeness (QED) is 0.811. The molecule has 0 aromatic heterocycles. The first-order valence-electron chi connectivity index (χ1n) is 7.41. The average molecular weight is 283 g/mol. The van der Waals surface area contributed by atoms with E-state index in [-0.39, 0.29) is 11.6 Å². The maximum atomic E-state index is 12.2.